The topological polar surface area (TPSA) is 97.0 Å². The van der Waals surface area contributed by atoms with E-state index in [2.05, 4.69) is 25.2 Å². The van der Waals surface area contributed by atoms with Gasteiger partial charge in [-0.25, -0.2) is 0 Å². The lowest BCUT2D eigenvalue weighted by Gasteiger charge is -2.10. The first-order chi connectivity index (χ1) is 17.6. The van der Waals surface area contributed by atoms with E-state index in [0.717, 1.165) is 51.3 Å². The van der Waals surface area contributed by atoms with Gasteiger partial charge in [0.2, 0.25) is 0 Å². The molecule has 4 aromatic rings. The molecule has 7 nitrogen and oxygen atoms in total. The second kappa shape index (κ2) is 12.7. The van der Waals surface area contributed by atoms with Gasteiger partial charge >= 0.3 is 5.97 Å². The Bertz CT molecular complexity index is 1350. The molecule has 0 aliphatic rings. The molecule has 184 valence electrons. The lowest BCUT2D eigenvalue weighted by molar-refractivity contribution is -0.140. The van der Waals surface area contributed by atoms with Gasteiger partial charge < -0.3 is 10.1 Å². The normalized spacial score (nSPS) is 11.1. The number of nitrogens with zero attached hydrogens (tertiary/aromatic N) is 2. The van der Waals surface area contributed by atoms with Crippen molar-refractivity contribution >= 4 is 46.7 Å². The van der Waals surface area contributed by atoms with Crippen LogP contribution in [-0.4, -0.2) is 40.7 Å². The van der Waals surface area contributed by atoms with Gasteiger partial charge in [0, 0.05) is 34.3 Å². The summed E-state index contributed by atoms with van der Waals surface area (Å²) < 4.78 is 4.65. The number of benzene rings is 2. The van der Waals surface area contributed by atoms with Crippen LogP contribution < -0.4 is 5.32 Å². The highest BCUT2D eigenvalue weighted by molar-refractivity contribution is 7.99. The number of esters is 1. The molecule has 36 heavy (non-hydrogen) atoms. The molecule has 0 radical (unpaired) electrons. The van der Waals surface area contributed by atoms with Gasteiger partial charge in [-0.1, -0.05) is 36.4 Å². The number of H-pyrrole nitrogens is 1. The predicted molar refractivity (Wildman–Crippen MR) is 143 cm³/mol. The lowest BCUT2D eigenvalue weighted by Crippen LogP contribution is -2.25. The molecule has 0 unspecified atom stereocenters. The number of carbonyl (C=O) groups excluding carboxylic acids is 2. The van der Waals surface area contributed by atoms with Crippen LogP contribution in [0.1, 0.15) is 47.4 Å². The summed E-state index contributed by atoms with van der Waals surface area (Å²) in [5.74, 6) is -0.300. The summed E-state index contributed by atoms with van der Waals surface area (Å²) in [5, 5.41) is 11.5. The second-order valence-corrected chi connectivity index (χ2v) is 9.26. The Morgan fingerprint density at radius 1 is 1.03 bits per heavy atom. The maximum absolute atomic E-state index is 12.8. The molecule has 0 aliphatic heterocycles. The molecular weight excluding hydrogens is 472 g/mol. The van der Waals surface area contributed by atoms with E-state index in [9.17, 15) is 9.59 Å². The Balaban J connectivity index is 1.38. The Hall–Kier alpha value is -3.91. The van der Waals surface area contributed by atoms with E-state index in [-0.39, 0.29) is 11.9 Å². The first kappa shape index (κ1) is 25.2. The highest BCUT2D eigenvalue weighted by Gasteiger charge is 2.13. The number of fused-ring (bicyclic) bond motifs is 1. The molecule has 0 spiro atoms. The van der Waals surface area contributed by atoms with Crippen molar-refractivity contribution in [2.24, 2.45) is 0 Å². The molecule has 1 amide bonds. The number of aromatic amines is 1. The van der Waals surface area contributed by atoms with E-state index in [0.29, 0.717) is 18.5 Å². The highest BCUT2D eigenvalue weighted by atomic mass is 32.2. The third-order valence-corrected chi connectivity index (χ3v) is 6.66. The molecule has 2 aromatic heterocycles. The molecule has 0 saturated carbocycles. The smallest absolute Gasteiger partial charge is 0.305 e. The number of aromatic nitrogens is 3. The summed E-state index contributed by atoms with van der Waals surface area (Å²) in [4.78, 5) is 30.2. The van der Waals surface area contributed by atoms with Crippen molar-refractivity contribution < 1.29 is 14.3 Å². The van der Waals surface area contributed by atoms with Gasteiger partial charge in [-0.3, -0.25) is 19.7 Å². The first-order valence-corrected chi connectivity index (χ1v) is 12.6. The van der Waals surface area contributed by atoms with E-state index in [4.69, 9.17) is 0 Å². The maximum atomic E-state index is 12.8. The SMILES string of the molecule is COC(=O)CCCCCNC(=O)c1ccccc1Sc1ccc2c(/C=C/c3ccccn3)n[nH]c2c1. The molecule has 0 saturated heterocycles. The lowest BCUT2D eigenvalue weighted by atomic mass is 10.2. The van der Waals surface area contributed by atoms with Crippen LogP contribution in [0.15, 0.2) is 76.7 Å². The number of unbranched alkanes of at least 4 members (excludes halogenated alkanes) is 2. The van der Waals surface area contributed by atoms with Gasteiger partial charge in [-0.15, -0.1) is 0 Å². The van der Waals surface area contributed by atoms with Crippen LogP contribution in [0.3, 0.4) is 0 Å². The summed E-state index contributed by atoms with van der Waals surface area (Å²) in [6, 6.07) is 19.5. The summed E-state index contributed by atoms with van der Waals surface area (Å²) in [7, 11) is 1.39. The number of carbonyl (C=O) groups is 2. The summed E-state index contributed by atoms with van der Waals surface area (Å²) in [5.41, 5.74) is 3.28. The Labute approximate surface area is 214 Å². The van der Waals surface area contributed by atoms with E-state index < -0.39 is 0 Å². The van der Waals surface area contributed by atoms with Gasteiger partial charge in [-0.05, 0) is 67.5 Å². The van der Waals surface area contributed by atoms with Crippen LogP contribution in [0.4, 0.5) is 0 Å². The molecule has 2 N–H and O–H groups in total. The minimum atomic E-state index is -0.199. The third-order valence-electron chi connectivity index (χ3n) is 5.59. The maximum Gasteiger partial charge on any atom is 0.305 e. The van der Waals surface area contributed by atoms with E-state index >= 15 is 0 Å². The zero-order valence-corrected chi connectivity index (χ0v) is 20.9. The number of amides is 1. The molecule has 2 heterocycles. The zero-order chi connectivity index (χ0) is 25.2. The third kappa shape index (κ3) is 6.82. The van der Waals surface area contributed by atoms with Crippen LogP contribution in [0.2, 0.25) is 0 Å². The van der Waals surface area contributed by atoms with Gasteiger partial charge in [-0.2, -0.15) is 5.10 Å². The molecule has 0 aliphatic carbocycles. The summed E-state index contributed by atoms with van der Waals surface area (Å²) in [6.45, 7) is 0.563. The monoisotopic (exact) mass is 500 g/mol. The Morgan fingerprint density at radius 3 is 2.72 bits per heavy atom. The van der Waals surface area contributed by atoms with E-state index in [1.54, 1.807) is 18.0 Å². The van der Waals surface area contributed by atoms with Gasteiger partial charge in [0.05, 0.1) is 29.6 Å². The largest absolute Gasteiger partial charge is 0.469 e. The predicted octanol–water partition coefficient (Wildman–Crippen LogP) is 5.74. The fraction of sp³-hybridized carbons (Fsp3) is 0.214. The summed E-state index contributed by atoms with van der Waals surface area (Å²) >= 11 is 1.54. The number of methoxy groups -OCH3 is 1. The van der Waals surface area contributed by atoms with Crippen molar-refractivity contribution in [1.29, 1.82) is 0 Å². The van der Waals surface area contributed by atoms with Crippen molar-refractivity contribution in [3.63, 3.8) is 0 Å². The fourth-order valence-electron chi connectivity index (χ4n) is 3.69. The fourth-order valence-corrected chi connectivity index (χ4v) is 4.67. The van der Waals surface area contributed by atoms with E-state index in [1.807, 2.05) is 72.8 Å². The van der Waals surface area contributed by atoms with Gasteiger partial charge in [0.25, 0.3) is 5.91 Å². The standard InChI is InChI=1S/C28H28N4O3S/c1-35-27(33)12-3-2-7-18-30-28(34)23-10-4-5-11-26(23)36-21-14-15-22-24(31-32-25(22)19-21)16-13-20-9-6-8-17-29-20/h4-6,8-11,13-17,19H,2-3,7,12,18H2,1H3,(H,30,34)(H,31,32)/b16-13+. The van der Waals surface area contributed by atoms with Crippen LogP contribution in [0.25, 0.3) is 23.1 Å². The average molecular weight is 501 g/mol. The van der Waals surface area contributed by atoms with Crippen molar-refractivity contribution in [2.75, 3.05) is 13.7 Å². The number of ether oxygens (including phenoxy) is 1. The molecule has 0 fully saturated rings. The average Bonchev–Trinajstić information content (AvgIpc) is 3.32. The van der Waals surface area contributed by atoms with Crippen molar-refractivity contribution in [2.45, 2.75) is 35.5 Å². The van der Waals surface area contributed by atoms with Gasteiger partial charge in [0.1, 0.15) is 0 Å². The minimum Gasteiger partial charge on any atom is -0.469 e. The highest BCUT2D eigenvalue weighted by Crippen LogP contribution is 2.33. The first-order valence-electron chi connectivity index (χ1n) is 11.8. The number of pyridine rings is 1. The van der Waals surface area contributed by atoms with Crippen LogP contribution in [0.5, 0.6) is 0 Å². The molecule has 8 heteroatoms. The molecular formula is C28H28N4O3S. The second-order valence-electron chi connectivity index (χ2n) is 8.15. The zero-order valence-electron chi connectivity index (χ0n) is 20.1. The van der Waals surface area contributed by atoms with Crippen molar-refractivity contribution in [3.05, 3.63) is 83.8 Å². The number of nitrogens with one attached hydrogen (secondary N) is 2. The number of hydrogen-bond donors (Lipinski definition) is 2. The van der Waals surface area contributed by atoms with Crippen LogP contribution in [-0.2, 0) is 9.53 Å². The van der Waals surface area contributed by atoms with Crippen LogP contribution in [0, 0.1) is 0 Å². The number of hydrogen-bond acceptors (Lipinski definition) is 6. The van der Waals surface area contributed by atoms with Crippen LogP contribution >= 0.6 is 11.8 Å². The van der Waals surface area contributed by atoms with Crippen molar-refractivity contribution in [3.8, 4) is 0 Å². The molecule has 0 bridgehead atoms. The Morgan fingerprint density at radius 2 is 1.89 bits per heavy atom. The summed E-state index contributed by atoms with van der Waals surface area (Å²) in [6.07, 6.45) is 8.48. The van der Waals surface area contributed by atoms with Gasteiger partial charge in [0.15, 0.2) is 0 Å². The van der Waals surface area contributed by atoms with E-state index in [1.165, 1.54) is 7.11 Å². The molecule has 0 atom stereocenters. The van der Waals surface area contributed by atoms with Crippen molar-refractivity contribution in [1.82, 2.24) is 20.5 Å². The minimum absolute atomic E-state index is 0.101. The quantitative estimate of drug-likeness (QED) is 0.201. The molecule has 2 aromatic carbocycles. The Kier molecular flexibility index (Phi) is 8.88. The molecule has 4 rings (SSSR count). The number of rotatable bonds is 11.